The molecule has 0 bridgehead atoms. The van der Waals surface area contributed by atoms with Crippen LogP contribution in [0.3, 0.4) is 0 Å². The molecule has 0 saturated heterocycles. The van der Waals surface area contributed by atoms with Gasteiger partial charge in [-0.05, 0) is 80.8 Å². The van der Waals surface area contributed by atoms with Crippen molar-refractivity contribution in [3.8, 4) is 39.6 Å². The predicted octanol–water partition coefficient (Wildman–Crippen LogP) is 12.0. The summed E-state index contributed by atoms with van der Waals surface area (Å²) < 4.78 is 2.40. The van der Waals surface area contributed by atoms with E-state index in [0.29, 0.717) is 5.82 Å². The highest BCUT2D eigenvalue weighted by atomic mass is 15.0. The van der Waals surface area contributed by atoms with Gasteiger partial charge in [0, 0.05) is 33.2 Å². The zero-order valence-electron chi connectivity index (χ0n) is 26.6. The molecule has 10 rings (SSSR count). The Balaban J connectivity index is 1.11. The minimum Gasteiger partial charge on any atom is -0.309 e. The van der Waals surface area contributed by atoms with Crippen molar-refractivity contribution in [2.45, 2.75) is 0 Å². The van der Waals surface area contributed by atoms with E-state index in [1.54, 1.807) is 0 Å². The van der Waals surface area contributed by atoms with E-state index >= 15 is 0 Å². The Labute approximate surface area is 283 Å². The van der Waals surface area contributed by atoms with Gasteiger partial charge in [-0.15, -0.1) is 0 Å². The molecule has 3 heteroatoms. The first-order valence-electron chi connectivity index (χ1n) is 16.7. The summed E-state index contributed by atoms with van der Waals surface area (Å²) in [4.78, 5) is 10.3. The van der Waals surface area contributed by atoms with Crippen LogP contribution in [-0.2, 0) is 0 Å². The first kappa shape index (κ1) is 27.5. The number of para-hydroxylation sites is 1. The molecule has 2 aromatic heterocycles. The van der Waals surface area contributed by atoms with E-state index in [4.69, 9.17) is 9.97 Å². The van der Waals surface area contributed by atoms with Gasteiger partial charge in [-0.25, -0.2) is 9.97 Å². The quantitative estimate of drug-likeness (QED) is 0.195. The third-order valence-electron chi connectivity index (χ3n) is 9.72. The molecule has 0 spiro atoms. The van der Waals surface area contributed by atoms with Crippen LogP contribution in [0.25, 0.3) is 93.7 Å². The van der Waals surface area contributed by atoms with Gasteiger partial charge >= 0.3 is 0 Å². The first-order valence-corrected chi connectivity index (χ1v) is 16.7. The molecule has 0 amide bonds. The number of rotatable bonds is 4. The van der Waals surface area contributed by atoms with Crippen LogP contribution in [0, 0.1) is 0 Å². The van der Waals surface area contributed by atoms with Gasteiger partial charge in [-0.3, -0.25) is 0 Å². The van der Waals surface area contributed by atoms with Gasteiger partial charge in [0.1, 0.15) is 0 Å². The maximum atomic E-state index is 5.15. The number of hydrogen-bond acceptors (Lipinski definition) is 2. The zero-order chi connectivity index (χ0) is 32.3. The SMILES string of the molecule is c1ccc(-c2cc(-c3ccc4ccccc4c3)nc(-c3ccc4cc(-n5c6ccccc6c6cc7ccccc7cc65)ccc4c3)n2)cc1. The normalized spacial score (nSPS) is 11.7. The van der Waals surface area contributed by atoms with Crippen LogP contribution in [0.15, 0.2) is 176 Å². The average Bonchev–Trinajstić information content (AvgIpc) is 3.49. The minimum absolute atomic E-state index is 0.713. The Kier molecular flexibility index (Phi) is 6.18. The second-order valence-electron chi connectivity index (χ2n) is 12.7. The summed E-state index contributed by atoms with van der Waals surface area (Å²) in [7, 11) is 0. The molecular weight excluding hydrogens is 595 g/mol. The Bertz CT molecular complexity index is 2880. The van der Waals surface area contributed by atoms with E-state index in [0.717, 1.165) is 39.2 Å². The molecule has 0 atom stereocenters. The van der Waals surface area contributed by atoms with Gasteiger partial charge in [0.05, 0.1) is 22.4 Å². The van der Waals surface area contributed by atoms with Gasteiger partial charge in [-0.1, -0.05) is 127 Å². The van der Waals surface area contributed by atoms with Crippen molar-refractivity contribution in [3.05, 3.63) is 176 Å². The molecule has 228 valence electrons. The molecule has 0 saturated carbocycles. The largest absolute Gasteiger partial charge is 0.309 e. The number of aromatic nitrogens is 3. The molecule has 0 aliphatic carbocycles. The van der Waals surface area contributed by atoms with Crippen molar-refractivity contribution >= 4 is 54.1 Å². The lowest BCUT2D eigenvalue weighted by molar-refractivity contribution is 1.18. The summed E-state index contributed by atoms with van der Waals surface area (Å²) in [6, 6.07) is 62.7. The third-order valence-corrected chi connectivity index (χ3v) is 9.72. The monoisotopic (exact) mass is 623 g/mol. The van der Waals surface area contributed by atoms with Crippen molar-refractivity contribution in [2.24, 2.45) is 0 Å². The summed E-state index contributed by atoms with van der Waals surface area (Å²) in [6.45, 7) is 0. The van der Waals surface area contributed by atoms with E-state index in [9.17, 15) is 0 Å². The van der Waals surface area contributed by atoms with Crippen LogP contribution in [0.4, 0.5) is 0 Å². The summed E-state index contributed by atoms with van der Waals surface area (Å²) in [6.07, 6.45) is 0. The fourth-order valence-electron chi connectivity index (χ4n) is 7.27. The highest BCUT2D eigenvalue weighted by Crippen LogP contribution is 2.36. The first-order chi connectivity index (χ1) is 24.2. The van der Waals surface area contributed by atoms with Crippen LogP contribution >= 0.6 is 0 Å². The van der Waals surface area contributed by atoms with Crippen LogP contribution in [0.5, 0.6) is 0 Å². The standard InChI is InChI=1S/C46H29N3/c1-2-11-31(12-3-1)42-29-43(37-20-18-30-10-4-5-13-32(30)24-37)48-46(47-42)38-21-19-36-26-39(23-22-35(36)25-38)49-44-17-9-8-16-40(44)41-27-33-14-6-7-15-34(33)28-45(41)49/h1-29H. The van der Waals surface area contributed by atoms with Crippen molar-refractivity contribution in [1.82, 2.24) is 14.5 Å². The van der Waals surface area contributed by atoms with E-state index in [2.05, 4.69) is 174 Å². The van der Waals surface area contributed by atoms with Crippen molar-refractivity contribution in [3.63, 3.8) is 0 Å². The van der Waals surface area contributed by atoms with E-state index in [1.807, 2.05) is 6.07 Å². The predicted molar refractivity (Wildman–Crippen MR) is 205 cm³/mol. The molecule has 0 aliphatic rings. The number of fused-ring (bicyclic) bond motifs is 6. The Morgan fingerprint density at radius 1 is 0.327 bits per heavy atom. The number of nitrogens with zero attached hydrogens (tertiary/aromatic N) is 3. The van der Waals surface area contributed by atoms with E-state index in [1.165, 1.54) is 48.7 Å². The van der Waals surface area contributed by atoms with Crippen molar-refractivity contribution in [1.29, 1.82) is 0 Å². The minimum atomic E-state index is 0.713. The van der Waals surface area contributed by atoms with Crippen molar-refractivity contribution < 1.29 is 0 Å². The molecular formula is C46H29N3. The molecule has 8 aromatic carbocycles. The lowest BCUT2D eigenvalue weighted by Crippen LogP contribution is -1.96. The maximum Gasteiger partial charge on any atom is 0.160 e. The molecule has 0 N–H and O–H groups in total. The van der Waals surface area contributed by atoms with Gasteiger partial charge in [0.15, 0.2) is 5.82 Å². The molecule has 0 fully saturated rings. The lowest BCUT2D eigenvalue weighted by Gasteiger charge is -2.12. The molecule has 0 radical (unpaired) electrons. The van der Waals surface area contributed by atoms with Crippen LogP contribution < -0.4 is 0 Å². The van der Waals surface area contributed by atoms with Crippen LogP contribution in [0.1, 0.15) is 0 Å². The highest BCUT2D eigenvalue weighted by molar-refractivity contribution is 6.13. The second kappa shape index (κ2) is 11.0. The molecule has 3 nitrogen and oxygen atoms in total. The van der Waals surface area contributed by atoms with Gasteiger partial charge in [-0.2, -0.15) is 0 Å². The van der Waals surface area contributed by atoms with Crippen LogP contribution in [0.2, 0.25) is 0 Å². The van der Waals surface area contributed by atoms with Crippen molar-refractivity contribution in [2.75, 3.05) is 0 Å². The topological polar surface area (TPSA) is 30.7 Å². The van der Waals surface area contributed by atoms with Gasteiger partial charge in [0.2, 0.25) is 0 Å². The third kappa shape index (κ3) is 4.67. The summed E-state index contributed by atoms with van der Waals surface area (Å²) in [5.74, 6) is 0.713. The molecule has 49 heavy (non-hydrogen) atoms. The Morgan fingerprint density at radius 2 is 0.898 bits per heavy atom. The molecule has 10 aromatic rings. The Morgan fingerprint density at radius 3 is 1.73 bits per heavy atom. The van der Waals surface area contributed by atoms with E-state index < -0.39 is 0 Å². The highest BCUT2D eigenvalue weighted by Gasteiger charge is 2.15. The lowest BCUT2D eigenvalue weighted by atomic mass is 10.0. The van der Waals surface area contributed by atoms with E-state index in [-0.39, 0.29) is 0 Å². The van der Waals surface area contributed by atoms with Gasteiger partial charge < -0.3 is 4.57 Å². The maximum absolute atomic E-state index is 5.15. The zero-order valence-corrected chi connectivity index (χ0v) is 26.6. The van der Waals surface area contributed by atoms with Gasteiger partial charge in [0.25, 0.3) is 0 Å². The van der Waals surface area contributed by atoms with Crippen LogP contribution in [-0.4, -0.2) is 14.5 Å². The second-order valence-corrected chi connectivity index (χ2v) is 12.7. The summed E-state index contributed by atoms with van der Waals surface area (Å²) in [5.41, 5.74) is 8.50. The number of hydrogen-bond donors (Lipinski definition) is 0. The average molecular weight is 624 g/mol. The molecule has 0 unspecified atom stereocenters. The number of benzene rings is 8. The Hall–Kier alpha value is -6.58. The molecule has 2 heterocycles. The smallest absolute Gasteiger partial charge is 0.160 e. The molecule has 0 aliphatic heterocycles. The fourth-order valence-corrected chi connectivity index (χ4v) is 7.27. The summed E-state index contributed by atoms with van der Waals surface area (Å²) >= 11 is 0. The summed E-state index contributed by atoms with van der Waals surface area (Å²) in [5, 5.41) is 9.75. The fraction of sp³-hybridized carbons (Fsp3) is 0.